The molecule has 0 saturated heterocycles. The number of carbonyl (C=O) groups is 1. The van der Waals surface area contributed by atoms with Crippen molar-refractivity contribution >= 4 is 51.1 Å². The number of nitro groups is 1. The largest absolute Gasteiger partial charge is 0.497 e. The van der Waals surface area contributed by atoms with Crippen LogP contribution >= 0.6 is 11.6 Å². The summed E-state index contributed by atoms with van der Waals surface area (Å²) in [5.41, 5.74) is 7.12. The van der Waals surface area contributed by atoms with Gasteiger partial charge in [0.25, 0.3) is 5.91 Å². The summed E-state index contributed by atoms with van der Waals surface area (Å²) in [6.07, 6.45) is 0. The zero-order valence-electron chi connectivity index (χ0n) is 15.3. The topological polar surface area (TPSA) is 144 Å². The first kappa shape index (κ1) is 18.6. The number of nitrogens with zero attached hydrogens (tertiary/aromatic N) is 6. The Hall–Kier alpha value is -3.73. The minimum absolute atomic E-state index is 0.121. The third-order valence-corrected chi connectivity index (χ3v) is 4.94. The van der Waals surface area contributed by atoms with E-state index in [1.807, 2.05) is 6.07 Å². The Kier molecular flexibility index (Phi) is 4.31. The summed E-state index contributed by atoms with van der Waals surface area (Å²) >= 11 is 5.93. The van der Waals surface area contributed by atoms with Crippen LogP contribution in [0.15, 0.2) is 24.3 Å². The fraction of sp³-hybridized carbons (Fsp3) is 0.176. The number of carbonyl (C=O) groups excluding carboxylic acids is 1. The lowest BCUT2D eigenvalue weighted by Crippen LogP contribution is -2.21. The van der Waals surface area contributed by atoms with Crippen LogP contribution in [0.25, 0.3) is 21.9 Å². The Balaban J connectivity index is 1.79. The Morgan fingerprint density at radius 2 is 2.10 bits per heavy atom. The number of pyridine rings is 1. The zero-order chi connectivity index (χ0) is 20.9. The van der Waals surface area contributed by atoms with E-state index in [9.17, 15) is 14.9 Å². The van der Waals surface area contributed by atoms with Crippen LogP contribution in [-0.4, -0.2) is 42.5 Å². The molecule has 0 aliphatic carbocycles. The maximum Gasteiger partial charge on any atom is 0.408 e. The second-order valence-electron chi connectivity index (χ2n) is 6.25. The quantitative estimate of drug-likeness (QED) is 0.395. The minimum Gasteiger partial charge on any atom is -0.497 e. The summed E-state index contributed by atoms with van der Waals surface area (Å²) in [7, 11) is 1.54. The number of fused-ring (bicyclic) bond motifs is 2. The molecule has 4 aromatic rings. The lowest BCUT2D eigenvalue weighted by Gasteiger charge is -2.04. The van der Waals surface area contributed by atoms with Crippen LogP contribution in [-0.2, 0) is 6.54 Å². The first-order valence-electron chi connectivity index (χ1n) is 8.33. The number of aromatic nitrogens is 5. The number of hydrogen-bond donors (Lipinski definition) is 1. The normalized spacial score (nSPS) is 11.3. The first-order valence-corrected chi connectivity index (χ1v) is 8.71. The predicted molar refractivity (Wildman–Crippen MR) is 105 cm³/mol. The fourth-order valence-electron chi connectivity index (χ4n) is 2.97. The van der Waals surface area contributed by atoms with Crippen molar-refractivity contribution in [1.82, 2.24) is 24.5 Å². The van der Waals surface area contributed by atoms with Gasteiger partial charge in [0.05, 0.1) is 28.8 Å². The third kappa shape index (κ3) is 3.01. The second kappa shape index (κ2) is 6.71. The van der Waals surface area contributed by atoms with Gasteiger partial charge in [-0.3, -0.25) is 4.79 Å². The Morgan fingerprint density at radius 1 is 1.34 bits per heavy atom. The van der Waals surface area contributed by atoms with Crippen molar-refractivity contribution in [2.24, 2.45) is 0 Å². The molecular formula is C17H14ClN7O4. The second-order valence-corrected chi connectivity index (χ2v) is 6.62. The fourth-order valence-corrected chi connectivity index (χ4v) is 3.17. The molecule has 0 aliphatic heterocycles. The number of anilines is 1. The highest BCUT2D eigenvalue weighted by Crippen LogP contribution is 2.28. The highest BCUT2D eigenvalue weighted by atomic mass is 35.5. The number of nitrogens with two attached hydrogens (primary N) is 1. The maximum absolute atomic E-state index is 12.8. The Morgan fingerprint density at radius 3 is 2.76 bits per heavy atom. The summed E-state index contributed by atoms with van der Waals surface area (Å²) < 4.78 is 7.42. The molecule has 0 fully saturated rings. The monoisotopic (exact) mass is 415 g/mol. The molecule has 3 aromatic heterocycles. The smallest absolute Gasteiger partial charge is 0.408 e. The molecule has 0 radical (unpaired) electrons. The molecule has 0 bridgehead atoms. The van der Waals surface area contributed by atoms with Crippen LogP contribution in [0.5, 0.6) is 5.75 Å². The molecule has 0 amide bonds. The van der Waals surface area contributed by atoms with Crippen molar-refractivity contribution in [3.63, 3.8) is 0 Å². The van der Waals surface area contributed by atoms with Gasteiger partial charge in [-0.25, -0.2) is 4.98 Å². The van der Waals surface area contributed by atoms with Gasteiger partial charge in [-0.1, -0.05) is 11.6 Å². The van der Waals surface area contributed by atoms with E-state index in [0.29, 0.717) is 22.3 Å². The number of nitrogen functional groups attached to an aromatic ring is 1. The molecule has 0 saturated carbocycles. The van der Waals surface area contributed by atoms with E-state index in [4.69, 9.17) is 22.1 Å². The summed E-state index contributed by atoms with van der Waals surface area (Å²) in [6, 6.07) is 7.13. The highest BCUT2D eigenvalue weighted by molar-refractivity contribution is 6.33. The maximum atomic E-state index is 12.8. The summed E-state index contributed by atoms with van der Waals surface area (Å²) in [6.45, 7) is 1.21. The van der Waals surface area contributed by atoms with Crippen LogP contribution in [0.3, 0.4) is 0 Å². The summed E-state index contributed by atoms with van der Waals surface area (Å²) in [5, 5.41) is 20.1. The van der Waals surface area contributed by atoms with Crippen molar-refractivity contribution in [3.05, 3.63) is 45.1 Å². The van der Waals surface area contributed by atoms with Gasteiger partial charge in [-0.2, -0.15) is 9.36 Å². The third-order valence-electron chi connectivity index (χ3n) is 4.50. The van der Waals surface area contributed by atoms with E-state index < -0.39 is 16.6 Å². The Bertz CT molecular complexity index is 1310. The molecule has 148 valence electrons. The Labute approximate surface area is 167 Å². The predicted octanol–water partition coefficient (Wildman–Crippen LogP) is 2.58. The molecule has 11 nitrogen and oxygen atoms in total. The van der Waals surface area contributed by atoms with Gasteiger partial charge in [0, 0.05) is 11.5 Å². The molecule has 29 heavy (non-hydrogen) atoms. The minimum atomic E-state index is -0.710. The first-order chi connectivity index (χ1) is 13.8. The average Bonchev–Trinajstić information content (AvgIpc) is 3.17. The van der Waals surface area contributed by atoms with E-state index in [1.54, 1.807) is 25.3 Å². The number of ether oxygens (including phenoxy) is 1. The number of methoxy groups -OCH3 is 1. The van der Waals surface area contributed by atoms with Crippen LogP contribution < -0.4 is 10.5 Å². The molecular weight excluding hydrogens is 402 g/mol. The van der Waals surface area contributed by atoms with Crippen molar-refractivity contribution in [2.45, 2.75) is 13.5 Å². The molecule has 3 heterocycles. The molecule has 12 heteroatoms. The zero-order valence-corrected chi connectivity index (χ0v) is 16.0. The standard InChI is InChI=1S/C17H14ClN7O4/c1-8-14(18)17(25(27)28)22-23(8)7-13(26)24-16-11(15(19)21-24)5-9-3-4-10(29-2)6-12(9)20-16/h3-6H,7H2,1-2H3,(H2,19,21). The van der Waals surface area contributed by atoms with Gasteiger partial charge in [-0.05, 0) is 30.0 Å². The van der Waals surface area contributed by atoms with E-state index in [0.717, 1.165) is 14.7 Å². The molecule has 0 aliphatic rings. The lowest BCUT2D eigenvalue weighted by molar-refractivity contribution is -0.389. The van der Waals surface area contributed by atoms with Gasteiger partial charge < -0.3 is 20.6 Å². The number of benzene rings is 1. The van der Waals surface area contributed by atoms with E-state index >= 15 is 0 Å². The number of halogens is 1. The molecule has 2 N–H and O–H groups in total. The van der Waals surface area contributed by atoms with Crippen LogP contribution in [0.2, 0.25) is 5.02 Å². The van der Waals surface area contributed by atoms with Gasteiger partial charge in [-0.15, -0.1) is 5.10 Å². The van der Waals surface area contributed by atoms with Gasteiger partial charge >= 0.3 is 5.82 Å². The molecule has 4 rings (SSSR count). The van der Waals surface area contributed by atoms with E-state index in [1.165, 1.54) is 6.92 Å². The molecule has 0 spiro atoms. The van der Waals surface area contributed by atoms with E-state index in [2.05, 4.69) is 15.2 Å². The van der Waals surface area contributed by atoms with Gasteiger partial charge in [0.2, 0.25) is 0 Å². The molecule has 1 aromatic carbocycles. The van der Waals surface area contributed by atoms with Gasteiger partial charge in [0.1, 0.15) is 12.3 Å². The molecule has 0 unspecified atom stereocenters. The van der Waals surface area contributed by atoms with E-state index in [-0.39, 0.29) is 23.0 Å². The summed E-state index contributed by atoms with van der Waals surface area (Å²) in [4.78, 5) is 27.6. The number of hydrogen-bond acceptors (Lipinski definition) is 8. The van der Waals surface area contributed by atoms with Crippen molar-refractivity contribution in [2.75, 3.05) is 12.8 Å². The molecule has 0 atom stereocenters. The SMILES string of the molecule is COc1ccc2cc3c(N)nn(C(=O)Cn4nc([N+](=O)[O-])c(Cl)c4C)c3nc2c1. The van der Waals surface area contributed by atoms with Crippen molar-refractivity contribution in [1.29, 1.82) is 0 Å². The lowest BCUT2D eigenvalue weighted by atomic mass is 10.2. The van der Waals surface area contributed by atoms with Crippen molar-refractivity contribution < 1.29 is 14.5 Å². The number of rotatable bonds is 4. The van der Waals surface area contributed by atoms with Crippen LogP contribution in [0, 0.1) is 17.0 Å². The van der Waals surface area contributed by atoms with Crippen LogP contribution in [0.4, 0.5) is 11.6 Å². The summed E-state index contributed by atoms with van der Waals surface area (Å²) in [5.74, 6) is -0.291. The average molecular weight is 416 g/mol. The van der Waals surface area contributed by atoms with Crippen LogP contribution in [0.1, 0.15) is 10.5 Å². The van der Waals surface area contributed by atoms with Crippen molar-refractivity contribution in [3.8, 4) is 5.75 Å². The highest BCUT2D eigenvalue weighted by Gasteiger charge is 2.26. The van der Waals surface area contributed by atoms with Gasteiger partial charge in [0.15, 0.2) is 16.5 Å².